The van der Waals surface area contributed by atoms with Gasteiger partial charge in [-0.3, -0.25) is 9.59 Å². The van der Waals surface area contributed by atoms with Gasteiger partial charge in [0.05, 0.1) is 38.2 Å². The van der Waals surface area contributed by atoms with Crippen molar-refractivity contribution in [3.8, 4) is 11.5 Å². The van der Waals surface area contributed by atoms with Gasteiger partial charge in [0.1, 0.15) is 17.5 Å². The van der Waals surface area contributed by atoms with Gasteiger partial charge in [-0.2, -0.15) is 0 Å². The van der Waals surface area contributed by atoms with Gasteiger partial charge >= 0.3 is 0 Å². The fourth-order valence-corrected chi connectivity index (χ4v) is 4.82. The first-order valence-corrected chi connectivity index (χ1v) is 9.70. The standard InChI is InChI=1S/C21H26N2O4/c1-26-14-9-10-19(27-2)17(12-14)18-8-5-11-22(18)13-23-20(24)15-6-3-4-7-16(15)21(23)25/h3-4,9-10,12,15-16,18H,5-8,11,13H2,1-2H3/p+1/t15-,16+,18-/m0/s1. The van der Waals surface area contributed by atoms with Crippen molar-refractivity contribution in [3.05, 3.63) is 35.9 Å². The number of amides is 2. The maximum absolute atomic E-state index is 12.8. The van der Waals surface area contributed by atoms with Crippen LogP contribution in [-0.2, 0) is 9.59 Å². The zero-order chi connectivity index (χ0) is 19.0. The molecular formula is C21H27N2O4+. The van der Waals surface area contributed by atoms with Crippen molar-refractivity contribution in [1.29, 1.82) is 0 Å². The lowest BCUT2D eigenvalue weighted by atomic mass is 9.85. The maximum atomic E-state index is 12.8. The molecule has 0 bridgehead atoms. The molecule has 6 nitrogen and oxygen atoms in total. The molecule has 4 rings (SSSR count). The minimum Gasteiger partial charge on any atom is -0.497 e. The second kappa shape index (κ2) is 7.35. The van der Waals surface area contributed by atoms with Crippen molar-refractivity contribution < 1.29 is 24.0 Å². The fraction of sp³-hybridized carbons (Fsp3) is 0.524. The molecule has 6 heteroatoms. The molecule has 2 amide bonds. The van der Waals surface area contributed by atoms with Crippen molar-refractivity contribution in [1.82, 2.24) is 4.90 Å². The second-order valence-corrected chi connectivity index (χ2v) is 7.63. The molecule has 1 aromatic rings. The number of rotatable bonds is 5. The largest absolute Gasteiger partial charge is 0.497 e. The van der Waals surface area contributed by atoms with E-state index in [9.17, 15) is 9.59 Å². The van der Waals surface area contributed by atoms with E-state index in [1.807, 2.05) is 30.4 Å². The summed E-state index contributed by atoms with van der Waals surface area (Å²) in [6.45, 7) is 1.38. The van der Waals surface area contributed by atoms with Crippen molar-refractivity contribution in [2.24, 2.45) is 11.8 Å². The zero-order valence-electron chi connectivity index (χ0n) is 15.9. The third kappa shape index (κ3) is 3.12. The van der Waals surface area contributed by atoms with E-state index in [4.69, 9.17) is 9.47 Å². The monoisotopic (exact) mass is 371 g/mol. The number of methoxy groups -OCH3 is 2. The van der Waals surface area contributed by atoms with E-state index in [1.165, 1.54) is 9.80 Å². The van der Waals surface area contributed by atoms with Crippen LogP contribution in [0.1, 0.15) is 37.3 Å². The molecule has 0 spiro atoms. The molecule has 0 saturated carbocycles. The number of carbonyl (C=O) groups is 2. The molecule has 0 aromatic heterocycles. The SMILES string of the molecule is COc1ccc(OC)c([C@@H]2CCC[NH+]2CN2C(=O)[C@H]3CC=CC[C@H]3C2=O)c1. The Balaban J connectivity index is 1.56. The summed E-state index contributed by atoms with van der Waals surface area (Å²) in [6, 6.07) is 6.03. The van der Waals surface area contributed by atoms with Gasteiger partial charge < -0.3 is 14.4 Å². The molecular weight excluding hydrogens is 344 g/mol. The molecule has 2 heterocycles. The van der Waals surface area contributed by atoms with E-state index in [0.717, 1.165) is 36.4 Å². The molecule has 1 aromatic carbocycles. The van der Waals surface area contributed by atoms with Crippen LogP contribution in [0.15, 0.2) is 30.4 Å². The third-order valence-electron chi connectivity index (χ3n) is 6.26. The van der Waals surface area contributed by atoms with Crippen LogP contribution in [-0.4, -0.2) is 44.1 Å². The predicted molar refractivity (Wildman–Crippen MR) is 99.4 cm³/mol. The number of allylic oxidation sites excluding steroid dienone is 2. The van der Waals surface area contributed by atoms with Gasteiger partial charge in [-0.25, -0.2) is 4.90 Å². The number of fused-ring (bicyclic) bond motifs is 1. The summed E-state index contributed by atoms with van der Waals surface area (Å²) < 4.78 is 11.0. The average Bonchev–Trinajstić information content (AvgIpc) is 3.26. The van der Waals surface area contributed by atoms with Crippen molar-refractivity contribution in [3.63, 3.8) is 0 Å². The highest BCUT2D eigenvalue weighted by Gasteiger charge is 2.49. The number of imide groups is 1. The molecule has 0 radical (unpaired) electrons. The van der Waals surface area contributed by atoms with Crippen LogP contribution in [0.4, 0.5) is 0 Å². The summed E-state index contributed by atoms with van der Waals surface area (Å²) in [5, 5.41) is 0. The van der Waals surface area contributed by atoms with Crippen LogP contribution >= 0.6 is 0 Å². The summed E-state index contributed by atoms with van der Waals surface area (Å²) >= 11 is 0. The van der Waals surface area contributed by atoms with Gasteiger partial charge in [-0.05, 0) is 31.0 Å². The second-order valence-electron chi connectivity index (χ2n) is 7.63. The predicted octanol–water partition coefficient (Wildman–Crippen LogP) is 1.33. The first-order chi connectivity index (χ1) is 13.1. The topological polar surface area (TPSA) is 60.3 Å². The number of likely N-dealkylation sites (tertiary alicyclic amines) is 2. The van der Waals surface area contributed by atoms with E-state index in [1.54, 1.807) is 14.2 Å². The van der Waals surface area contributed by atoms with Gasteiger partial charge in [-0.15, -0.1) is 0 Å². The number of nitrogens with zero attached hydrogens (tertiary/aromatic N) is 1. The molecule has 4 atom stereocenters. The van der Waals surface area contributed by atoms with E-state index in [2.05, 4.69) is 0 Å². The van der Waals surface area contributed by atoms with Crippen LogP contribution < -0.4 is 14.4 Å². The summed E-state index contributed by atoms with van der Waals surface area (Å²) in [6.07, 6.45) is 7.50. The summed E-state index contributed by atoms with van der Waals surface area (Å²) in [5.41, 5.74) is 1.09. The first kappa shape index (κ1) is 18.0. The third-order valence-corrected chi connectivity index (χ3v) is 6.26. The minimum atomic E-state index is -0.158. The van der Waals surface area contributed by atoms with E-state index in [0.29, 0.717) is 19.5 Å². The van der Waals surface area contributed by atoms with Crippen LogP contribution in [0.2, 0.25) is 0 Å². The van der Waals surface area contributed by atoms with Crippen LogP contribution in [0.3, 0.4) is 0 Å². The number of hydrogen-bond acceptors (Lipinski definition) is 4. The fourth-order valence-electron chi connectivity index (χ4n) is 4.82. The Hall–Kier alpha value is -2.34. The molecule has 2 fully saturated rings. The Morgan fingerprint density at radius 2 is 1.78 bits per heavy atom. The van der Waals surface area contributed by atoms with Gasteiger partial charge in [0.25, 0.3) is 0 Å². The van der Waals surface area contributed by atoms with Crippen molar-refractivity contribution >= 4 is 11.8 Å². The lowest BCUT2D eigenvalue weighted by Crippen LogP contribution is -3.12. The van der Waals surface area contributed by atoms with Gasteiger partial charge in [0.2, 0.25) is 11.8 Å². The number of carbonyl (C=O) groups excluding carboxylic acids is 2. The number of nitrogens with one attached hydrogen (secondary N) is 1. The Kier molecular flexibility index (Phi) is 4.91. The highest BCUT2D eigenvalue weighted by Crippen LogP contribution is 2.35. The normalized spacial score (nSPS) is 29.9. The molecule has 1 aliphatic carbocycles. The molecule has 1 unspecified atom stereocenters. The average molecular weight is 371 g/mol. The van der Waals surface area contributed by atoms with E-state index >= 15 is 0 Å². The quantitative estimate of drug-likeness (QED) is 0.627. The Bertz CT molecular complexity index is 749. The molecule has 3 aliphatic rings. The number of benzene rings is 1. The highest BCUT2D eigenvalue weighted by molar-refractivity contribution is 6.05. The van der Waals surface area contributed by atoms with Crippen LogP contribution in [0.25, 0.3) is 0 Å². The molecule has 27 heavy (non-hydrogen) atoms. The Labute approximate surface area is 159 Å². The Morgan fingerprint density at radius 3 is 2.41 bits per heavy atom. The van der Waals surface area contributed by atoms with Crippen molar-refractivity contribution in [2.45, 2.75) is 31.7 Å². The van der Waals surface area contributed by atoms with Gasteiger partial charge in [0.15, 0.2) is 6.67 Å². The van der Waals surface area contributed by atoms with E-state index in [-0.39, 0.29) is 29.7 Å². The van der Waals surface area contributed by atoms with Crippen LogP contribution in [0.5, 0.6) is 11.5 Å². The molecule has 2 aliphatic heterocycles. The lowest BCUT2D eigenvalue weighted by Gasteiger charge is -2.27. The molecule has 1 N–H and O–H groups in total. The number of quaternary nitrogens is 1. The Morgan fingerprint density at radius 1 is 1.07 bits per heavy atom. The van der Waals surface area contributed by atoms with E-state index < -0.39 is 0 Å². The summed E-state index contributed by atoms with van der Waals surface area (Å²) in [4.78, 5) is 28.4. The number of hydrogen-bond donors (Lipinski definition) is 1. The van der Waals surface area contributed by atoms with Crippen molar-refractivity contribution in [2.75, 3.05) is 27.4 Å². The molecule has 2 saturated heterocycles. The zero-order valence-corrected chi connectivity index (χ0v) is 15.9. The first-order valence-electron chi connectivity index (χ1n) is 9.70. The smallest absolute Gasteiger partial charge is 0.237 e. The highest BCUT2D eigenvalue weighted by atomic mass is 16.5. The minimum absolute atomic E-state index is 0.00473. The number of ether oxygens (including phenoxy) is 2. The molecule has 144 valence electrons. The summed E-state index contributed by atoms with van der Waals surface area (Å²) in [5.74, 6) is 1.32. The maximum Gasteiger partial charge on any atom is 0.237 e. The van der Waals surface area contributed by atoms with Gasteiger partial charge in [-0.1, -0.05) is 12.2 Å². The van der Waals surface area contributed by atoms with Crippen LogP contribution in [0, 0.1) is 11.8 Å². The van der Waals surface area contributed by atoms with Gasteiger partial charge in [0, 0.05) is 12.8 Å². The lowest BCUT2D eigenvalue weighted by molar-refractivity contribution is -0.925. The summed E-state index contributed by atoms with van der Waals surface area (Å²) in [7, 11) is 3.33.